The lowest BCUT2D eigenvalue weighted by Gasteiger charge is -2.18. The van der Waals surface area contributed by atoms with Crippen LogP contribution in [0.15, 0.2) is 72.0 Å². The Morgan fingerprint density at radius 2 is 1.93 bits per heavy atom. The number of carbonyl (C=O) groups is 1. The van der Waals surface area contributed by atoms with Gasteiger partial charge in [0, 0.05) is 5.56 Å². The second-order valence-corrected chi connectivity index (χ2v) is 7.85. The minimum absolute atomic E-state index is 0.0525. The topological polar surface area (TPSA) is 47.8 Å². The van der Waals surface area contributed by atoms with Crippen LogP contribution >= 0.6 is 0 Å². The molecule has 140 valence electrons. The summed E-state index contributed by atoms with van der Waals surface area (Å²) in [7, 11) is 0. The minimum atomic E-state index is -0.0525. The monoisotopic (exact) mass is 361 g/mol. The lowest BCUT2D eigenvalue weighted by atomic mass is 9.87. The van der Waals surface area contributed by atoms with Gasteiger partial charge in [-0.3, -0.25) is 4.79 Å². The molecule has 0 unspecified atom stereocenters. The summed E-state index contributed by atoms with van der Waals surface area (Å²) < 4.78 is 1.90. The smallest absolute Gasteiger partial charge is 0.180 e. The average molecular weight is 361 g/mol. The van der Waals surface area contributed by atoms with Crippen LogP contribution in [0, 0.1) is 5.41 Å². The molecule has 0 saturated carbocycles. The molecule has 1 aromatic heterocycles. The number of nitrogens with zero attached hydrogens (tertiary/aromatic N) is 3. The summed E-state index contributed by atoms with van der Waals surface area (Å²) in [4.78, 5) is 12.1. The SMILES string of the molecule is C/C1=C\CC/C(Cn2cc(-c3ccccc3)nn2)=C/CC(C)(C)/C=C/C1=O. The van der Waals surface area contributed by atoms with E-state index in [1.54, 1.807) is 6.08 Å². The van der Waals surface area contributed by atoms with E-state index in [0.29, 0.717) is 0 Å². The van der Waals surface area contributed by atoms with E-state index in [1.165, 1.54) is 5.57 Å². The molecule has 0 amide bonds. The summed E-state index contributed by atoms with van der Waals surface area (Å²) in [6.45, 7) is 6.93. The highest BCUT2D eigenvalue weighted by atomic mass is 16.1. The molecule has 0 fully saturated rings. The largest absolute Gasteiger partial charge is 0.290 e. The van der Waals surface area contributed by atoms with Crippen LogP contribution in [-0.2, 0) is 11.3 Å². The van der Waals surface area contributed by atoms with Gasteiger partial charge in [0.15, 0.2) is 5.78 Å². The van der Waals surface area contributed by atoms with Crippen LogP contribution in [0.3, 0.4) is 0 Å². The Morgan fingerprint density at radius 1 is 1.15 bits per heavy atom. The first-order valence-corrected chi connectivity index (χ1v) is 9.47. The van der Waals surface area contributed by atoms with Gasteiger partial charge in [-0.15, -0.1) is 5.10 Å². The van der Waals surface area contributed by atoms with Gasteiger partial charge in [-0.2, -0.15) is 0 Å². The van der Waals surface area contributed by atoms with Crippen LogP contribution in [-0.4, -0.2) is 20.8 Å². The van der Waals surface area contributed by atoms with E-state index >= 15 is 0 Å². The van der Waals surface area contributed by atoms with E-state index in [0.717, 1.165) is 42.6 Å². The van der Waals surface area contributed by atoms with Gasteiger partial charge < -0.3 is 0 Å². The Hall–Kier alpha value is -2.75. The normalized spacial score (nSPS) is 22.9. The van der Waals surface area contributed by atoms with E-state index in [2.05, 4.69) is 30.2 Å². The highest BCUT2D eigenvalue weighted by Gasteiger charge is 2.15. The minimum Gasteiger partial charge on any atom is -0.290 e. The first kappa shape index (κ1) is 19.0. The summed E-state index contributed by atoms with van der Waals surface area (Å²) in [5.41, 5.74) is 4.04. The first-order valence-electron chi connectivity index (χ1n) is 9.47. The summed E-state index contributed by atoms with van der Waals surface area (Å²) in [6, 6.07) is 10.1. The third-order valence-electron chi connectivity index (χ3n) is 4.88. The third-order valence-corrected chi connectivity index (χ3v) is 4.88. The van der Waals surface area contributed by atoms with Crippen molar-refractivity contribution in [3.8, 4) is 11.3 Å². The molecule has 27 heavy (non-hydrogen) atoms. The highest BCUT2D eigenvalue weighted by molar-refractivity contribution is 6.03. The van der Waals surface area contributed by atoms with Crippen LogP contribution in [0.1, 0.15) is 40.0 Å². The molecule has 0 atom stereocenters. The number of allylic oxidation sites excluding steroid dienone is 6. The lowest BCUT2D eigenvalue weighted by molar-refractivity contribution is -0.111. The maximum absolute atomic E-state index is 12.1. The molecule has 0 spiro atoms. The van der Waals surface area contributed by atoms with Crippen molar-refractivity contribution in [2.75, 3.05) is 0 Å². The Bertz CT molecular complexity index is 885. The van der Waals surface area contributed by atoms with Crippen molar-refractivity contribution in [1.82, 2.24) is 15.0 Å². The van der Waals surface area contributed by atoms with E-state index in [-0.39, 0.29) is 11.2 Å². The van der Waals surface area contributed by atoms with Crippen molar-refractivity contribution in [2.45, 2.75) is 46.6 Å². The summed E-state index contributed by atoms with van der Waals surface area (Å²) in [5, 5.41) is 8.62. The molecular formula is C23H27N3O. The van der Waals surface area contributed by atoms with Crippen molar-refractivity contribution in [3.63, 3.8) is 0 Å². The number of rotatable bonds is 3. The summed E-state index contributed by atoms with van der Waals surface area (Å²) in [6.07, 6.45) is 12.7. The maximum Gasteiger partial charge on any atom is 0.180 e. The van der Waals surface area contributed by atoms with E-state index in [1.807, 2.05) is 60.3 Å². The van der Waals surface area contributed by atoms with E-state index in [4.69, 9.17) is 0 Å². The average Bonchev–Trinajstić information content (AvgIpc) is 3.12. The van der Waals surface area contributed by atoms with Crippen molar-refractivity contribution in [1.29, 1.82) is 0 Å². The fourth-order valence-electron chi connectivity index (χ4n) is 3.05. The second kappa shape index (κ2) is 8.30. The predicted octanol–water partition coefficient (Wildman–Crippen LogP) is 5.15. The summed E-state index contributed by atoms with van der Waals surface area (Å²) in [5.74, 6) is 0.107. The molecule has 1 aliphatic rings. The fourth-order valence-corrected chi connectivity index (χ4v) is 3.05. The highest BCUT2D eigenvalue weighted by Crippen LogP contribution is 2.26. The van der Waals surface area contributed by atoms with Gasteiger partial charge in [-0.05, 0) is 43.3 Å². The quantitative estimate of drug-likeness (QED) is 0.710. The van der Waals surface area contributed by atoms with E-state index in [9.17, 15) is 4.79 Å². The van der Waals surface area contributed by atoms with Crippen molar-refractivity contribution >= 4 is 5.78 Å². The van der Waals surface area contributed by atoms with Gasteiger partial charge in [0.05, 0.1) is 12.7 Å². The van der Waals surface area contributed by atoms with Gasteiger partial charge in [0.25, 0.3) is 0 Å². The Balaban J connectivity index is 1.78. The zero-order valence-electron chi connectivity index (χ0n) is 16.4. The van der Waals surface area contributed by atoms with Crippen molar-refractivity contribution in [3.05, 3.63) is 72.0 Å². The maximum atomic E-state index is 12.1. The predicted molar refractivity (Wildman–Crippen MR) is 109 cm³/mol. The number of aromatic nitrogens is 3. The Morgan fingerprint density at radius 3 is 2.70 bits per heavy atom. The second-order valence-electron chi connectivity index (χ2n) is 7.85. The lowest BCUT2D eigenvalue weighted by Crippen LogP contribution is -2.08. The van der Waals surface area contributed by atoms with Crippen LogP contribution in [0.4, 0.5) is 0 Å². The first-order chi connectivity index (χ1) is 12.9. The molecule has 0 bridgehead atoms. The zero-order chi connectivity index (χ0) is 19.3. The van der Waals surface area contributed by atoms with Crippen molar-refractivity contribution < 1.29 is 4.79 Å². The van der Waals surface area contributed by atoms with Crippen LogP contribution in [0.25, 0.3) is 11.3 Å². The van der Waals surface area contributed by atoms with Crippen LogP contribution in [0.2, 0.25) is 0 Å². The van der Waals surface area contributed by atoms with Crippen LogP contribution < -0.4 is 0 Å². The van der Waals surface area contributed by atoms with Gasteiger partial charge in [0.1, 0.15) is 5.69 Å². The number of carbonyl (C=O) groups excluding carboxylic acids is 1. The molecule has 0 saturated heterocycles. The number of benzene rings is 1. The number of ketones is 1. The molecule has 0 radical (unpaired) electrons. The van der Waals surface area contributed by atoms with Gasteiger partial charge >= 0.3 is 0 Å². The molecule has 4 nitrogen and oxygen atoms in total. The molecule has 2 aromatic rings. The standard InChI is InChI=1S/C23H27N3O/c1-18-8-7-9-19(12-14-23(2,3)15-13-22(18)27)16-26-17-21(24-25-26)20-10-5-4-6-11-20/h4-6,8,10-13,15,17H,7,9,14,16H2,1-3H3/b15-13+,18-8+,19-12-. The van der Waals surface area contributed by atoms with Gasteiger partial charge in [0.2, 0.25) is 0 Å². The third kappa shape index (κ3) is 5.36. The molecule has 1 aromatic carbocycles. The molecule has 3 rings (SSSR count). The van der Waals surface area contributed by atoms with Crippen molar-refractivity contribution in [2.24, 2.45) is 5.41 Å². The fraction of sp³-hybridized carbons (Fsp3) is 0.348. The molecule has 1 aliphatic carbocycles. The number of hydrogen-bond donors (Lipinski definition) is 0. The summed E-state index contributed by atoms with van der Waals surface area (Å²) >= 11 is 0. The zero-order valence-corrected chi connectivity index (χ0v) is 16.4. The molecule has 4 heteroatoms. The number of hydrogen-bond acceptors (Lipinski definition) is 3. The van der Waals surface area contributed by atoms with Gasteiger partial charge in [-0.25, -0.2) is 4.68 Å². The Kier molecular flexibility index (Phi) is 5.84. The van der Waals surface area contributed by atoms with Gasteiger partial charge in [-0.1, -0.05) is 73.2 Å². The molecular weight excluding hydrogens is 334 g/mol. The molecule has 0 aliphatic heterocycles. The molecule has 1 heterocycles. The molecule has 0 N–H and O–H groups in total. The Labute approximate surface area is 161 Å². The van der Waals surface area contributed by atoms with E-state index < -0.39 is 0 Å². The van der Waals surface area contributed by atoms with Crippen LogP contribution in [0.5, 0.6) is 0 Å².